The lowest BCUT2D eigenvalue weighted by Crippen LogP contribution is -2.36. The van der Waals surface area contributed by atoms with Crippen LogP contribution < -0.4 is 4.18 Å². The molecule has 0 heterocycles. The Kier molecular flexibility index (Phi) is 9.60. The average Bonchev–Trinajstić information content (AvgIpc) is 2.87. The molecule has 0 fully saturated rings. The van der Waals surface area contributed by atoms with Crippen molar-refractivity contribution >= 4 is 16.0 Å². The number of amides is 1. The Morgan fingerprint density at radius 3 is 2.13 bits per heavy atom. The van der Waals surface area contributed by atoms with Crippen molar-refractivity contribution in [2.45, 2.75) is 70.1 Å². The Labute approximate surface area is 222 Å². The molecule has 0 aliphatic rings. The second kappa shape index (κ2) is 12.5. The van der Waals surface area contributed by atoms with Gasteiger partial charge in [0, 0.05) is 18.2 Å². The second-order valence-electron chi connectivity index (χ2n) is 9.39. The molecule has 1 amide bonds. The molecule has 0 aliphatic carbocycles. The smallest absolute Gasteiger partial charge is 0.379 e. The maximum absolute atomic E-state index is 13.2. The van der Waals surface area contributed by atoms with Gasteiger partial charge in [-0.2, -0.15) is 21.6 Å². The van der Waals surface area contributed by atoms with Crippen LogP contribution in [0.2, 0.25) is 0 Å². The molecule has 0 saturated heterocycles. The Balaban J connectivity index is 1.69. The number of nitrogens with zero attached hydrogens (tertiary/aromatic N) is 1. The van der Waals surface area contributed by atoms with Crippen LogP contribution in [-0.4, -0.2) is 25.3 Å². The molecule has 3 aromatic carbocycles. The van der Waals surface area contributed by atoms with Gasteiger partial charge >= 0.3 is 16.3 Å². The normalized spacial score (nSPS) is 12.0. The first kappa shape index (κ1) is 29.2. The number of aryl methyl sites for hydroxylation is 1. The number of hydrogen-bond acceptors (Lipinski definition) is 4. The number of unbranched alkanes of at least 4 members (excludes halogenated alkanes) is 2. The Bertz CT molecular complexity index is 1320. The van der Waals surface area contributed by atoms with E-state index in [-0.39, 0.29) is 24.2 Å². The topological polar surface area (TPSA) is 63.7 Å². The van der Waals surface area contributed by atoms with Crippen LogP contribution in [0.25, 0.3) is 0 Å². The second-order valence-corrected chi connectivity index (χ2v) is 10.9. The number of rotatable bonds is 11. The summed E-state index contributed by atoms with van der Waals surface area (Å²) in [5, 5.41) is 0. The molecule has 0 aliphatic heterocycles. The highest BCUT2D eigenvalue weighted by Gasteiger charge is 2.32. The first-order valence-corrected chi connectivity index (χ1v) is 13.9. The van der Waals surface area contributed by atoms with E-state index in [1.165, 1.54) is 24.1 Å². The zero-order chi connectivity index (χ0) is 27.9. The maximum Gasteiger partial charge on any atom is 0.416 e. The molecule has 0 aromatic heterocycles. The molecule has 0 bridgehead atoms. The summed E-state index contributed by atoms with van der Waals surface area (Å²) < 4.78 is 69.0. The van der Waals surface area contributed by atoms with Gasteiger partial charge in [0.15, 0.2) is 0 Å². The molecule has 204 valence electrons. The fourth-order valence-electron chi connectivity index (χ4n) is 3.90. The van der Waals surface area contributed by atoms with Crippen LogP contribution in [0.4, 0.5) is 13.2 Å². The summed E-state index contributed by atoms with van der Waals surface area (Å²) in [7, 11) is -4.47. The minimum absolute atomic E-state index is 0.0488. The Morgan fingerprint density at radius 2 is 1.55 bits per heavy atom. The van der Waals surface area contributed by atoms with Crippen LogP contribution in [0.5, 0.6) is 5.75 Å². The summed E-state index contributed by atoms with van der Waals surface area (Å²) in [6, 6.07) is 17.0. The van der Waals surface area contributed by atoms with Gasteiger partial charge in [0.05, 0.1) is 5.56 Å². The predicted octanol–water partition coefficient (Wildman–Crippen LogP) is 7.26. The summed E-state index contributed by atoms with van der Waals surface area (Å²) in [6.07, 6.45) is -0.262. The number of halogens is 3. The lowest BCUT2D eigenvalue weighted by Gasteiger charge is -2.27. The lowest BCUT2D eigenvalue weighted by molar-refractivity contribution is -0.137. The van der Waals surface area contributed by atoms with Crippen LogP contribution in [-0.2, 0) is 29.3 Å². The highest BCUT2D eigenvalue weighted by molar-refractivity contribution is 7.87. The predicted molar refractivity (Wildman–Crippen MR) is 140 cm³/mol. The van der Waals surface area contributed by atoms with Crippen LogP contribution >= 0.6 is 0 Å². The van der Waals surface area contributed by atoms with Crippen molar-refractivity contribution in [1.29, 1.82) is 0 Å². The first-order valence-electron chi connectivity index (χ1n) is 12.5. The van der Waals surface area contributed by atoms with E-state index in [9.17, 15) is 26.4 Å². The third-order valence-corrected chi connectivity index (χ3v) is 7.33. The Morgan fingerprint density at radius 1 is 0.921 bits per heavy atom. The van der Waals surface area contributed by atoms with Crippen molar-refractivity contribution in [2.75, 3.05) is 0 Å². The quantitative estimate of drug-likeness (QED) is 0.187. The molecule has 9 heteroatoms. The van der Waals surface area contributed by atoms with Gasteiger partial charge in [-0.05, 0) is 80.3 Å². The van der Waals surface area contributed by atoms with E-state index in [1.54, 1.807) is 17.0 Å². The average molecular weight is 548 g/mol. The molecule has 0 atom stereocenters. The van der Waals surface area contributed by atoms with Crippen LogP contribution in [0.1, 0.15) is 67.1 Å². The third kappa shape index (κ3) is 7.84. The fraction of sp³-hybridized carbons (Fsp3) is 0.345. The molecule has 5 nitrogen and oxygen atoms in total. The van der Waals surface area contributed by atoms with Gasteiger partial charge in [-0.15, -0.1) is 0 Å². The minimum atomic E-state index is -4.68. The summed E-state index contributed by atoms with van der Waals surface area (Å²) in [5.74, 6) is -0.167. The largest absolute Gasteiger partial charge is 0.416 e. The molecule has 0 radical (unpaired) electrons. The molecule has 0 spiro atoms. The van der Waals surface area contributed by atoms with E-state index >= 15 is 0 Å². The molecule has 3 aromatic rings. The summed E-state index contributed by atoms with van der Waals surface area (Å²) in [5.41, 5.74) is 1.45. The van der Waals surface area contributed by atoms with Gasteiger partial charge in [-0.25, -0.2) is 0 Å². The highest BCUT2D eigenvalue weighted by Crippen LogP contribution is 2.31. The summed E-state index contributed by atoms with van der Waals surface area (Å²) in [6.45, 7) is 6.27. The molecule has 3 rings (SSSR count). The van der Waals surface area contributed by atoms with Gasteiger partial charge in [-0.1, -0.05) is 50.1 Å². The number of carbonyl (C=O) groups is 1. The minimum Gasteiger partial charge on any atom is -0.379 e. The highest BCUT2D eigenvalue weighted by atomic mass is 32.2. The first-order chi connectivity index (χ1) is 17.9. The van der Waals surface area contributed by atoms with E-state index in [4.69, 9.17) is 4.18 Å². The Hall–Kier alpha value is -3.33. The number of alkyl halides is 3. The SMILES string of the molecule is CCCCCc1ccc(C(=O)N(Cc2ccc(OS(=O)(=O)c3cccc(C(F)(F)F)c3)cc2)C(C)C)cc1. The van der Waals surface area contributed by atoms with Gasteiger partial charge < -0.3 is 9.08 Å². The van der Waals surface area contributed by atoms with E-state index in [0.29, 0.717) is 11.6 Å². The maximum atomic E-state index is 13.2. The van der Waals surface area contributed by atoms with Crippen LogP contribution in [0, 0.1) is 0 Å². The molecule has 0 saturated carbocycles. The number of carbonyl (C=O) groups excluding carboxylic acids is 1. The van der Waals surface area contributed by atoms with Crippen molar-refractivity contribution in [1.82, 2.24) is 4.90 Å². The van der Waals surface area contributed by atoms with Crippen molar-refractivity contribution in [2.24, 2.45) is 0 Å². The van der Waals surface area contributed by atoms with E-state index in [2.05, 4.69) is 6.92 Å². The zero-order valence-electron chi connectivity index (χ0n) is 21.7. The third-order valence-electron chi connectivity index (χ3n) is 6.09. The number of hydrogen-bond donors (Lipinski definition) is 0. The van der Waals surface area contributed by atoms with Gasteiger partial charge in [0.25, 0.3) is 5.91 Å². The molecule has 0 unspecified atom stereocenters. The lowest BCUT2D eigenvalue weighted by atomic mass is 10.0. The summed E-state index contributed by atoms with van der Waals surface area (Å²) in [4.78, 5) is 14.3. The molecular formula is C29H32F3NO4S. The monoisotopic (exact) mass is 547 g/mol. The molecule has 0 N–H and O–H groups in total. The van der Waals surface area contributed by atoms with Crippen molar-refractivity contribution < 1.29 is 30.6 Å². The fourth-order valence-corrected chi connectivity index (χ4v) is 4.87. The molecule has 38 heavy (non-hydrogen) atoms. The van der Waals surface area contributed by atoms with Gasteiger partial charge in [0.1, 0.15) is 10.6 Å². The van der Waals surface area contributed by atoms with Crippen LogP contribution in [0.15, 0.2) is 77.7 Å². The van der Waals surface area contributed by atoms with Gasteiger partial charge in [0.2, 0.25) is 0 Å². The van der Waals surface area contributed by atoms with Crippen molar-refractivity contribution in [3.8, 4) is 5.75 Å². The van der Waals surface area contributed by atoms with E-state index in [1.807, 2.05) is 38.1 Å². The van der Waals surface area contributed by atoms with E-state index < -0.39 is 26.8 Å². The molecular weight excluding hydrogens is 515 g/mol. The van der Waals surface area contributed by atoms with Crippen molar-refractivity contribution in [3.63, 3.8) is 0 Å². The van der Waals surface area contributed by atoms with Crippen molar-refractivity contribution in [3.05, 3.63) is 95.1 Å². The zero-order valence-corrected chi connectivity index (χ0v) is 22.5. The summed E-state index contributed by atoms with van der Waals surface area (Å²) >= 11 is 0. The standard InChI is InChI=1S/C29H32F3NO4S/c1-4-5-6-8-22-11-15-24(16-12-22)28(34)33(21(2)3)20-23-13-17-26(18-14-23)37-38(35,36)27-10-7-9-25(19-27)29(30,31)32/h7,9-19,21H,4-6,8,20H2,1-3H3. The van der Waals surface area contributed by atoms with E-state index in [0.717, 1.165) is 43.0 Å². The van der Waals surface area contributed by atoms with Crippen LogP contribution in [0.3, 0.4) is 0 Å². The number of benzene rings is 3. The van der Waals surface area contributed by atoms with Gasteiger partial charge in [-0.3, -0.25) is 4.79 Å².